The lowest BCUT2D eigenvalue weighted by molar-refractivity contribution is 0.0526. The van der Waals surface area contributed by atoms with E-state index < -0.39 is 0 Å². The van der Waals surface area contributed by atoms with Crippen LogP contribution in [0.1, 0.15) is 41.8 Å². The van der Waals surface area contributed by atoms with Crippen molar-refractivity contribution in [2.75, 3.05) is 11.9 Å². The van der Waals surface area contributed by atoms with Gasteiger partial charge in [-0.25, -0.2) is 4.79 Å². The van der Waals surface area contributed by atoms with Gasteiger partial charge in [-0.05, 0) is 69.1 Å². The summed E-state index contributed by atoms with van der Waals surface area (Å²) in [6, 6.07) is 16.1. The third-order valence-corrected chi connectivity index (χ3v) is 4.30. The van der Waals surface area contributed by atoms with E-state index in [9.17, 15) is 4.79 Å². The molecule has 1 atom stereocenters. The minimum atomic E-state index is -0.328. The molecular formula is C21H26N2O2S. The first-order valence-corrected chi connectivity index (χ1v) is 9.29. The van der Waals surface area contributed by atoms with Crippen LogP contribution < -0.4 is 10.6 Å². The molecule has 0 spiro atoms. The van der Waals surface area contributed by atoms with Crippen molar-refractivity contribution in [1.82, 2.24) is 5.32 Å². The molecule has 0 unspecified atom stereocenters. The SMILES string of the molecule is CCOC(=O)c1ccc(C)c(NC(=S)N[C@@H](C)CCc2ccccc2)c1. The van der Waals surface area contributed by atoms with Gasteiger partial charge < -0.3 is 15.4 Å². The van der Waals surface area contributed by atoms with Crippen LogP contribution in [0.4, 0.5) is 5.69 Å². The van der Waals surface area contributed by atoms with Crippen molar-refractivity contribution in [3.05, 3.63) is 65.2 Å². The molecule has 0 saturated carbocycles. The second-order valence-electron chi connectivity index (χ2n) is 6.27. The van der Waals surface area contributed by atoms with Gasteiger partial charge in [0.05, 0.1) is 12.2 Å². The van der Waals surface area contributed by atoms with E-state index in [0.29, 0.717) is 17.3 Å². The predicted octanol–water partition coefficient (Wildman–Crippen LogP) is 4.48. The second kappa shape index (κ2) is 9.92. The average Bonchev–Trinajstić information content (AvgIpc) is 2.63. The van der Waals surface area contributed by atoms with Gasteiger partial charge in [0.2, 0.25) is 0 Å². The van der Waals surface area contributed by atoms with E-state index in [1.807, 2.05) is 19.1 Å². The molecule has 4 nitrogen and oxygen atoms in total. The molecule has 0 amide bonds. The molecule has 2 aromatic rings. The Hall–Kier alpha value is -2.40. The molecule has 0 fully saturated rings. The van der Waals surface area contributed by atoms with Crippen LogP contribution in [-0.4, -0.2) is 23.7 Å². The van der Waals surface area contributed by atoms with Crippen molar-refractivity contribution in [2.24, 2.45) is 0 Å². The maximum atomic E-state index is 11.9. The Bertz CT molecular complexity index is 747. The monoisotopic (exact) mass is 370 g/mol. The molecular weight excluding hydrogens is 344 g/mol. The highest BCUT2D eigenvalue weighted by Crippen LogP contribution is 2.18. The number of aryl methyl sites for hydroxylation is 2. The number of esters is 1. The summed E-state index contributed by atoms with van der Waals surface area (Å²) in [6.45, 7) is 6.23. The van der Waals surface area contributed by atoms with Crippen LogP contribution in [-0.2, 0) is 11.2 Å². The number of hydrogen-bond acceptors (Lipinski definition) is 3. The minimum Gasteiger partial charge on any atom is -0.462 e. The average molecular weight is 371 g/mol. The number of ether oxygens (including phenoxy) is 1. The van der Waals surface area contributed by atoms with Gasteiger partial charge in [0.1, 0.15) is 0 Å². The fourth-order valence-corrected chi connectivity index (χ4v) is 2.89. The Morgan fingerprint density at radius 1 is 1.19 bits per heavy atom. The van der Waals surface area contributed by atoms with Gasteiger partial charge in [0, 0.05) is 11.7 Å². The van der Waals surface area contributed by atoms with Gasteiger partial charge >= 0.3 is 5.97 Å². The highest BCUT2D eigenvalue weighted by molar-refractivity contribution is 7.80. The maximum Gasteiger partial charge on any atom is 0.338 e. The first kappa shape index (κ1) is 19.9. The molecule has 26 heavy (non-hydrogen) atoms. The molecule has 0 aromatic heterocycles. The summed E-state index contributed by atoms with van der Waals surface area (Å²) < 4.78 is 5.05. The zero-order valence-electron chi connectivity index (χ0n) is 15.5. The van der Waals surface area contributed by atoms with E-state index in [2.05, 4.69) is 41.8 Å². The topological polar surface area (TPSA) is 50.4 Å². The third kappa shape index (κ3) is 6.15. The van der Waals surface area contributed by atoms with Crippen molar-refractivity contribution < 1.29 is 9.53 Å². The van der Waals surface area contributed by atoms with Gasteiger partial charge in [-0.15, -0.1) is 0 Å². The molecule has 2 N–H and O–H groups in total. The van der Waals surface area contributed by atoms with E-state index in [0.717, 1.165) is 24.1 Å². The molecule has 2 rings (SSSR count). The second-order valence-corrected chi connectivity index (χ2v) is 6.68. The highest BCUT2D eigenvalue weighted by Gasteiger charge is 2.11. The van der Waals surface area contributed by atoms with Gasteiger partial charge in [0.25, 0.3) is 0 Å². The van der Waals surface area contributed by atoms with E-state index in [-0.39, 0.29) is 12.0 Å². The number of nitrogens with one attached hydrogen (secondary N) is 2. The van der Waals surface area contributed by atoms with Crippen LogP contribution in [0.5, 0.6) is 0 Å². The Labute approximate surface area is 161 Å². The largest absolute Gasteiger partial charge is 0.462 e. The van der Waals surface area contributed by atoms with Crippen molar-refractivity contribution in [3.8, 4) is 0 Å². The van der Waals surface area contributed by atoms with Crippen molar-refractivity contribution in [3.63, 3.8) is 0 Å². The van der Waals surface area contributed by atoms with Crippen LogP contribution in [0.15, 0.2) is 48.5 Å². The quantitative estimate of drug-likeness (QED) is 0.556. The minimum absolute atomic E-state index is 0.240. The summed E-state index contributed by atoms with van der Waals surface area (Å²) in [5.41, 5.74) is 3.65. The van der Waals surface area contributed by atoms with Gasteiger partial charge in [-0.3, -0.25) is 0 Å². The van der Waals surface area contributed by atoms with E-state index in [4.69, 9.17) is 17.0 Å². The Balaban J connectivity index is 1.90. The number of benzene rings is 2. The lowest BCUT2D eigenvalue weighted by Crippen LogP contribution is -2.36. The Kier molecular flexibility index (Phi) is 7.60. The molecule has 0 aliphatic heterocycles. The molecule has 5 heteroatoms. The molecule has 138 valence electrons. The van der Waals surface area contributed by atoms with Gasteiger partial charge in [0.15, 0.2) is 5.11 Å². The Morgan fingerprint density at radius 3 is 2.62 bits per heavy atom. The predicted molar refractivity (Wildman–Crippen MR) is 111 cm³/mol. The summed E-state index contributed by atoms with van der Waals surface area (Å²) in [5, 5.41) is 7.04. The molecule has 2 aromatic carbocycles. The molecule has 0 radical (unpaired) electrons. The molecule has 0 aliphatic carbocycles. The Morgan fingerprint density at radius 2 is 1.92 bits per heavy atom. The number of rotatable bonds is 7. The number of carbonyl (C=O) groups is 1. The normalized spacial score (nSPS) is 11.5. The number of thiocarbonyl (C=S) groups is 1. The van der Waals surface area contributed by atoms with Gasteiger partial charge in [-0.1, -0.05) is 36.4 Å². The summed E-state index contributed by atoms with van der Waals surface area (Å²) in [5.74, 6) is -0.328. The first-order valence-electron chi connectivity index (χ1n) is 8.88. The summed E-state index contributed by atoms with van der Waals surface area (Å²) in [6.07, 6.45) is 1.97. The standard InChI is InChI=1S/C21H26N2O2S/c1-4-25-20(24)18-13-10-15(2)19(14-18)23-21(26)22-16(3)11-12-17-8-6-5-7-9-17/h5-10,13-14,16H,4,11-12H2,1-3H3,(H2,22,23,26)/t16-/m0/s1. The van der Waals surface area contributed by atoms with Crippen LogP contribution >= 0.6 is 12.2 Å². The number of anilines is 1. The fourth-order valence-electron chi connectivity index (χ4n) is 2.58. The third-order valence-electron chi connectivity index (χ3n) is 4.08. The molecule has 0 aliphatic rings. The number of carbonyl (C=O) groups excluding carboxylic acids is 1. The van der Waals surface area contributed by atoms with Crippen molar-refractivity contribution in [2.45, 2.75) is 39.7 Å². The lowest BCUT2D eigenvalue weighted by Gasteiger charge is -2.18. The molecule has 0 bridgehead atoms. The van der Waals surface area contributed by atoms with E-state index in [1.165, 1.54) is 5.56 Å². The number of hydrogen-bond donors (Lipinski definition) is 2. The zero-order chi connectivity index (χ0) is 18.9. The van der Waals surface area contributed by atoms with Gasteiger partial charge in [-0.2, -0.15) is 0 Å². The van der Waals surface area contributed by atoms with Crippen LogP contribution in [0, 0.1) is 6.92 Å². The van der Waals surface area contributed by atoms with Crippen molar-refractivity contribution in [1.29, 1.82) is 0 Å². The smallest absolute Gasteiger partial charge is 0.338 e. The highest BCUT2D eigenvalue weighted by atomic mass is 32.1. The van der Waals surface area contributed by atoms with Crippen LogP contribution in [0.25, 0.3) is 0 Å². The zero-order valence-corrected chi connectivity index (χ0v) is 16.4. The maximum absolute atomic E-state index is 11.9. The fraction of sp³-hybridized carbons (Fsp3) is 0.333. The van der Waals surface area contributed by atoms with Crippen molar-refractivity contribution >= 4 is 29.0 Å². The summed E-state index contributed by atoms with van der Waals surface area (Å²) >= 11 is 5.42. The first-order chi connectivity index (χ1) is 12.5. The van der Waals surface area contributed by atoms with Crippen LogP contribution in [0.3, 0.4) is 0 Å². The van der Waals surface area contributed by atoms with E-state index in [1.54, 1.807) is 19.1 Å². The molecule has 0 heterocycles. The summed E-state index contributed by atoms with van der Waals surface area (Å²) in [7, 11) is 0. The summed E-state index contributed by atoms with van der Waals surface area (Å²) in [4.78, 5) is 11.9. The van der Waals surface area contributed by atoms with Crippen LogP contribution in [0.2, 0.25) is 0 Å². The molecule has 0 saturated heterocycles. The lowest BCUT2D eigenvalue weighted by atomic mass is 10.1. The van der Waals surface area contributed by atoms with E-state index >= 15 is 0 Å².